The average molecular weight is 552 g/mol. The van der Waals surface area contributed by atoms with E-state index < -0.39 is 6.04 Å². The third kappa shape index (κ3) is 6.30. The van der Waals surface area contributed by atoms with Crippen molar-refractivity contribution in [3.05, 3.63) is 51.9 Å². The van der Waals surface area contributed by atoms with E-state index in [1.165, 1.54) is 0 Å². The number of likely N-dealkylation sites (N-methyl/N-ethyl adjacent to an activating group) is 1. The van der Waals surface area contributed by atoms with Gasteiger partial charge in [0.1, 0.15) is 18.0 Å². The van der Waals surface area contributed by atoms with E-state index >= 15 is 0 Å². The number of imidazole rings is 1. The minimum Gasteiger partial charge on any atom is -0.461 e. The van der Waals surface area contributed by atoms with Gasteiger partial charge in [0.25, 0.3) is 5.56 Å². The largest absolute Gasteiger partial charge is 0.461 e. The van der Waals surface area contributed by atoms with Crippen molar-refractivity contribution < 1.29 is 19.0 Å². The van der Waals surface area contributed by atoms with Crippen LogP contribution in [0.25, 0.3) is 22.4 Å². The number of morpholine rings is 1. The molecule has 2 unspecified atom stereocenters. The fourth-order valence-corrected chi connectivity index (χ4v) is 5.70. The maximum absolute atomic E-state index is 12.8. The van der Waals surface area contributed by atoms with E-state index in [9.17, 15) is 9.59 Å². The van der Waals surface area contributed by atoms with Crippen LogP contribution >= 0.6 is 0 Å². The summed E-state index contributed by atoms with van der Waals surface area (Å²) in [5.74, 6) is 0.556. The highest BCUT2D eigenvalue weighted by Crippen LogP contribution is 2.27. The van der Waals surface area contributed by atoms with Gasteiger partial charge in [-0.25, -0.2) is 4.98 Å². The summed E-state index contributed by atoms with van der Waals surface area (Å²) in [6.07, 6.45) is 5.95. The summed E-state index contributed by atoms with van der Waals surface area (Å²) in [5, 5.41) is 3.33. The number of esters is 1. The number of pyridine rings is 1. The zero-order chi connectivity index (χ0) is 28.2. The second-order valence-electron chi connectivity index (χ2n) is 11.1. The van der Waals surface area contributed by atoms with E-state index in [1.807, 2.05) is 19.2 Å². The van der Waals surface area contributed by atoms with Crippen LogP contribution in [0.15, 0.2) is 35.3 Å². The van der Waals surface area contributed by atoms with Crippen LogP contribution < -0.4 is 10.9 Å². The lowest BCUT2D eigenvalue weighted by atomic mass is 10.1. The molecule has 1 N–H and O–H groups in total. The van der Waals surface area contributed by atoms with Crippen molar-refractivity contribution in [1.82, 2.24) is 24.3 Å². The number of nitrogens with one attached hydrogen (secondary N) is 1. The first-order valence-electron chi connectivity index (χ1n) is 14.2. The lowest BCUT2D eigenvalue weighted by Gasteiger charge is -2.33. The van der Waals surface area contributed by atoms with E-state index in [2.05, 4.69) is 40.0 Å². The Morgan fingerprint density at radius 3 is 2.75 bits per heavy atom. The van der Waals surface area contributed by atoms with Crippen molar-refractivity contribution in [2.75, 3.05) is 40.5 Å². The highest BCUT2D eigenvalue weighted by Gasteiger charge is 2.26. The number of hydrogen-bond donors (Lipinski definition) is 1. The first-order chi connectivity index (χ1) is 19.3. The number of carbonyl (C=O) groups excluding carboxylic acids is 1. The maximum Gasteiger partial charge on any atom is 0.325 e. The number of fused-ring (bicyclic) bond motifs is 1. The Labute approximate surface area is 235 Å². The number of rotatable bonds is 10. The highest BCUT2D eigenvalue weighted by molar-refractivity contribution is 5.81. The SMILES string of the molecule is COCC(NCc1ccc2c(c1)nc(-c1cc(C)c(=O)n(C)c1)n2CC1COCCN1C)C(=O)OC1CCCC1. The fraction of sp³-hybridized carbons (Fsp3) is 0.567. The number of aryl methyl sites for hydroxylation is 2. The van der Waals surface area contributed by atoms with Crippen LogP contribution in [0.5, 0.6) is 0 Å². The summed E-state index contributed by atoms with van der Waals surface area (Å²) in [7, 11) is 5.49. The number of carbonyl (C=O) groups is 1. The molecule has 0 bridgehead atoms. The van der Waals surface area contributed by atoms with E-state index in [0.29, 0.717) is 25.3 Å². The molecule has 3 aromatic rings. The predicted octanol–water partition coefficient (Wildman–Crippen LogP) is 2.63. The first kappa shape index (κ1) is 28.5. The zero-order valence-corrected chi connectivity index (χ0v) is 24.0. The Hall–Kier alpha value is -3.05. The fourth-order valence-electron chi connectivity index (χ4n) is 5.70. The van der Waals surface area contributed by atoms with Gasteiger partial charge in [0.15, 0.2) is 0 Å². The molecule has 3 heterocycles. The second-order valence-corrected chi connectivity index (χ2v) is 11.1. The summed E-state index contributed by atoms with van der Waals surface area (Å²) in [6.45, 7) is 5.54. The number of methoxy groups -OCH3 is 1. The topological polar surface area (TPSA) is 99.9 Å². The Balaban J connectivity index is 1.42. The third-order valence-electron chi connectivity index (χ3n) is 8.10. The molecule has 2 atom stereocenters. The van der Waals surface area contributed by atoms with Crippen molar-refractivity contribution in [2.24, 2.45) is 7.05 Å². The van der Waals surface area contributed by atoms with Gasteiger partial charge in [0.2, 0.25) is 0 Å². The van der Waals surface area contributed by atoms with E-state index in [-0.39, 0.29) is 30.3 Å². The molecule has 216 valence electrons. The Morgan fingerprint density at radius 2 is 2.02 bits per heavy atom. The molecule has 2 aromatic heterocycles. The average Bonchev–Trinajstić information content (AvgIpc) is 3.58. The van der Waals surface area contributed by atoms with Gasteiger partial charge in [-0.1, -0.05) is 6.07 Å². The van der Waals surface area contributed by atoms with Gasteiger partial charge in [-0.15, -0.1) is 0 Å². The summed E-state index contributed by atoms with van der Waals surface area (Å²) >= 11 is 0. The molecule has 0 amide bonds. The van der Waals surface area contributed by atoms with Crippen molar-refractivity contribution in [3.63, 3.8) is 0 Å². The molecular weight excluding hydrogens is 510 g/mol. The Bertz CT molecular complexity index is 1370. The van der Waals surface area contributed by atoms with Crippen LogP contribution in [-0.4, -0.2) is 83.7 Å². The van der Waals surface area contributed by atoms with E-state index in [0.717, 1.165) is 66.8 Å². The molecule has 1 saturated heterocycles. The molecule has 10 heteroatoms. The minimum absolute atomic E-state index is 0.0159. The lowest BCUT2D eigenvalue weighted by Crippen LogP contribution is -2.45. The number of benzene rings is 1. The lowest BCUT2D eigenvalue weighted by molar-refractivity contribution is -0.152. The smallest absolute Gasteiger partial charge is 0.325 e. The van der Waals surface area contributed by atoms with Crippen LogP contribution in [0.2, 0.25) is 0 Å². The van der Waals surface area contributed by atoms with Crippen molar-refractivity contribution in [2.45, 2.75) is 63.9 Å². The second kappa shape index (κ2) is 12.6. The van der Waals surface area contributed by atoms with Crippen LogP contribution in [0.4, 0.5) is 0 Å². The summed E-state index contributed by atoms with van der Waals surface area (Å²) in [5.41, 5.74) is 4.43. The summed E-state index contributed by atoms with van der Waals surface area (Å²) in [4.78, 5) is 32.6. The molecule has 0 radical (unpaired) electrons. The van der Waals surface area contributed by atoms with Gasteiger partial charge < -0.3 is 23.3 Å². The minimum atomic E-state index is -0.537. The van der Waals surface area contributed by atoms with Gasteiger partial charge in [-0.2, -0.15) is 0 Å². The molecule has 5 rings (SSSR count). The predicted molar refractivity (Wildman–Crippen MR) is 153 cm³/mol. The normalized spacial score (nSPS) is 19.4. The molecule has 10 nitrogen and oxygen atoms in total. The van der Waals surface area contributed by atoms with Crippen LogP contribution in [-0.2, 0) is 39.1 Å². The molecule has 2 fully saturated rings. The summed E-state index contributed by atoms with van der Waals surface area (Å²) < 4.78 is 20.7. The van der Waals surface area contributed by atoms with Crippen LogP contribution in [0.1, 0.15) is 36.8 Å². The van der Waals surface area contributed by atoms with Crippen molar-refractivity contribution in [1.29, 1.82) is 0 Å². The maximum atomic E-state index is 12.8. The number of nitrogens with zero attached hydrogens (tertiary/aromatic N) is 4. The Kier molecular flexibility index (Phi) is 9.00. The van der Waals surface area contributed by atoms with Gasteiger partial charge in [-0.3, -0.25) is 19.8 Å². The van der Waals surface area contributed by atoms with Crippen molar-refractivity contribution in [3.8, 4) is 11.4 Å². The number of hydrogen-bond acceptors (Lipinski definition) is 8. The van der Waals surface area contributed by atoms with Gasteiger partial charge in [-0.05, 0) is 63.4 Å². The molecule has 0 spiro atoms. The van der Waals surface area contributed by atoms with Crippen LogP contribution in [0.3, 0.4) is 0 Å². The van der Waals surface area contributed by atoms with Crippen molar-refractivity contribution >= 4 is 17.0 Å². The number of aromatic nitrogens is 3. The molecule has 2 aliphatic rings. The number of ether oxygens (including phenoxy) is 3. The summed E-state index contributed by atoms with van der Waals surface area (Å²) in [6, 6.07) is 7.80. The molecule has 1 aliphatic heterocycles. The standard InChI is InChI=1S/C30H41N5O5/c1-20-13-22(16-34(3)29(20)36)28-32-25-14-21(9-10-27(25)35(28)17-23-18-39-12-11-33(23)2)15-31-26(19-38-4)30(37)40-24-7-5-6-8-24/h9-10,13-14,16,23-24,26,31H,5-8,11-12,15,17-19H2,1-4H3. The highest BCUT2D eigenvalue weighted by atomic mass is 16.5. The van der Waals surface area contributed by atoms with Gasteiger partial charge in [0, 0.05) is 51.1 Å². The molecule has 1 aromatic carbocycles. The zero-order valence-electron chi connectivity index (χ0n) is 24.0. The van der Waals surface area contributed by atoms with Gasteiger partial charge in [0.05, 0.1) is 36.9 Å². The third-order valence-corrected chi connectivity index (χ3v) is 8.10. The van der Waals surface area contributed by atoms with Gasteiger partial charge >= 0.3 is 5.97 Å². The molecule has 1 saturated carbocycles. The van der Waals surface area contributed by atoms with E-state index in [1.54, 1.807) is 18.7 Å². The molecule has 40 heavy (non-hydrogen) atoms. The monoisotopic (exact) mass is 551 g/mol. The molecule has 1 aliphatic carbocycles. The Morgan fingerprint density at radius 1 is 1.23 bits per heavy atom. The van der Waals surface area contributed by atoms with E-state index in [4.69, 9.17) is 19.2 Å². The molecular formula is C30H41N5O5. The van der Waals surface area contributed by atoms with Crippen LogP contribution in [0, 0.1) is 6.92 Å². The first-order valence-corrected chi connectivity index (χ1v) is 14.2. The quantitative estimate of drug-likeness (QED) is 0.384.